The molecule has 2 aromatic heterocycles. The van der Waals surface area contributed by atoms with Gasteiger partial charge in [-0.1, -0.05) is 12.1 Å². The SMILES string of the molecule is Cc1ccc(OCc2csc(C(=O)Nc3ccccn3)c2)cc1C. The van der Waals surface area contributed by atoms with Gasteiger partial charge in [-0.05, 0) is 60.7 Å². The van der Waals surface area contributed by atoms with E-state index < -0.39 is 0 Å². The molecular formula is C19H18N2O2S. The molecule has 2 heterocycles. The van der Waals surface area contributed by atoms with Crippen molar-refractivity contribution in [1.82, 2.24) is 4.98 Å². The van der Waals surface area contributed by atoms with Crippen LogP contribution in [-0.4, -0.2) is 10.9 Å². The lowest BCUT2D eigenvalue weighted by Gasteiger charge is -2.07. The van der Waals surface area contributed by atoms with Gasteiger partial charge in [-0.2, -0.15) is 0 Å². The second-order valence-electron chi connectivity index (χ2n) is 5.52. The number of aromatic nitrogens is 1. The summed E-state index contributed by atoms with van der Waals surface area (Å²) in [5.74, 6) is 1.23. The van der Waals surface area contributed by atoms with E-state index in [1.54, 1.807) is 12.3 Å². The number of pyridine rings is 1. The monoisotopic (exact) mass is 338 g/mol. The Morgan fingerprint density at radius 2 is 2.04 bits per heavy atom. The molecule has 24 heavy (non-hydrogen) atoms. The number of amides is 1. The predicted molar refractivity (Wildman–Crippen MR) is 96.8 cm³/mol. The zero-order valence-electron chi connectivity index (χ0n) is 13.6. The molecule has 4 nitrogen and oxygen atoms in total. The van der Waals surface area contributed by atoms with Crippen LogP contribution >= 0.6 is 11.3 Å². The molecule has 0 fully saturated rings. The van der Waals surface area contributed by atoms with Crippen LogP contribution in [0.4, 0.5) is 5.82 Å². The predicted octanol–water partition coefficient (Wildman–Crippen LogP) is 4.59. The second kappa shape index (κ2) is 7.27. The molecule has 1 amide bonds. The topological polar surface area (TPSA) is 51.2 Å². The highest BCUT2D eigenvalue weighted by atomic mass is 32.1. The Balaban J connectivity index is 1.60. The minimum atomic E-state index is -0.156. The number of thiophene rings is 1. The van der Waals surface area contributed by atoms with Crippen molar-refractivity contribution in [3.63, 3.8) is 0 Å². The molecule has 3 rings (SSSR count). The van der Waals surface area contributed by atoms with Crippen LogP contribution in [0.2, 0.25) is 0 Å². The average Bonchev–Trinajstić information content (AvgIpc) is 3.06. The molecule has 0 spiro atoms. The van der Waals surface area contributed by atoms with Crippen LogP contribution in [0.3, 0.4) is 0 Å². The second-order valence-corrected chi connectivity index (χ2v) is 6.43. The zero-order valence-corrected chi connectivity index (χ0v) is 14.4. The molecule has 5 heteroatoms. The van der Waals surface area contributed by atoms with Crippen LogP contribution < -0.4 is 10.1 Å². The lowest BCUT2D eigenvalue weighted by atomic mass is 10.1. The molecule has 0 saturated heterocycles. The summed E-state index contributed by atoms with van der Waals surface area (Å²) in [5.41, 5.74) is 3.42. The van der Waals surface area contributed by atoms with E-state index in [2.05, 4.69) is 24.1 Å². The summed E-state index contributed by atoms with van der Waals surface area (Å²) >= 11 is 1.40. The van der Waals surface area contributed by atoms with Gasteiger partial charge in [0.05, 0.1) is 4.88 Å². The van der Waals surface area contributed by atoms with Gasteiger partial charge in [-0.25, -0.2) is 4.98 Å². The molecular weight excluding hydrogens is 320 g/mol. The fourth-order valence-corrected chi connectivity index (χ4v) is 2.95. The first-order valence-corrected chi connectivity index (χ1v) is 8.49. The highest BCUT2D eigenvalue weighted by Gasteiger charge is 2.10. The van der Waals surface area contributed by atoms with E-state index in [0.717, 1.165) is 11.3 Å². The summed E-state index contributed by atoms with van der Waals surface area (Å²) in [6, 6.07) is 13.3. The molecule has 1 N–H and O–H groups in total. The molecule has 1 aromatic carbocycles. The van der Waals surface area contributed by atoms with E-state index in [4.69, 9.17) is 4.74 Å². The van der Waals surface area contributed by atoms with Crippen molar-refractivity contribution in [2.75, 3.05) is 5.32 Å². The van der Waals surface area contributed by atoms with Gasteiger partial charge < -0.3 is 10.1 Å². The van der Waals surface area contributed by atoms with Gasteiger partial charge in [0.1, 0.15) is 18.2 Å². The Morgan fingerprint density at radius 3 is 2.79 bits per heavy atom. The van der Waals surface area contributed by atoms with E-state index in [9.17, 15) is 4.79 Å². The maximum atomic E-state index is 12.2. The minimum absolute atomic E-state index is 0.156. The van der Waals surface area contributed by atoms with Gasteiger partial charge >= 0.3 is 0 Å². The van der Waals surface area contributed by atoms with Gasteiger partial charge in [0.2, 0.25) is 0 Å². The third-order valence-corrected chi connectivity index (χ3v) is 4.65. The van der Waals surface area contributed by atoms with Gasteiger partial charge in [0.25, 0.3) is 5.91 Å². The lowest BCUT2D eigenvalue weighted by molar-refractivity contribution is 0.103. The third-order valence-electron chi connectivity index (χ3n) is 3.67. The van der Waals surface area contributed by atoms with Crippen molar-refractivity contribution in [3.8, 4) is 5.75 Å². The van der Waals surface area contributed by atoms with Crippen molar-refractivity contribution in [2.45, 2.75) is 20.5 Å². The smallest absolute Gasteiger partial charge is 0.266 e. The first kappa shape index (κ1) is 16.2. The fraction of sp³-hybridized carbons (Fsp3) is 0.158. The van der Waals surface area contributed by atoms with Crippen molar-refractivity contribution >= 4 is 23.1 Å². The van der Waals surface area contributed by atoms with E-state index in [1.165, 1.54) is 22.5 Å². The fourth-order valence-electron chi connectivity index (χ4n) is 2.16. The van der Waals surface area contributed by atoms with Crippen molar-refractivity contribution in [3.05, 3.63) is 75.6 Å². The zero-order chi connectivity index (χ0) is 16.9. The number of rotatable bonds is 5. The van der Waals surface area contributed by atoms with Crippen molar-refractivity contribution in [2.24, 2.45) is 0 Å². The number of carbonyl (C=O) groups is 1. The number of nitrogens with one attached hydrogen (secondary N) is 1. The molecule has 0 atom stereocenters. The highest BCUT2D eigenvalue weighted by molar-refractivity contribution is 7.12. The first-order valence-electron chi connectivity index (χ1n) is 7.61. The Labute approximate surface area is 145 Å². The summed E-state index contributed by atoms with van der Waals surface area (Å²) in [4.78, 5) is 16.9. The number of nitrogens with zero attached hydrogens (tertiary/aromatic N) is 1. The highest BCUT2D eigenvalue weighted by Crippen LogP contribution is 2.20. The number of hydrogen-bond donors (Lipinski definition) is 1. The number of hydrogen-bond acceptors (Lipinski definition) is 4. The van der Waals surface area contributed by atoms with Crippen LogP contribution in [0.1, 0.15) is 26.4 Å². The van der Waals surface area contributed by atoms with E-state index in [-0.39, 0.29) is 5.91 Å². The molecule has 122 valence electrons. The van der Waals surface area contributed by atoms with Crippen LogP contribution in [0, 0.1) is 13.8 Å². The van der Waals surface area contributed by atoms with E-state index in [0.29, 0.717) is 17.3 Å². The first-order chi connectivity index (χ1) is 11.6. The lowest BCUT2D eigenvalue weighted by Crippen LogP contribution is -2.11. The normalized spacial score (nSPS) is 10.4. The maximum Gasteiger partial charge on any atom is 0.266 e. The number of carbonyl (C=O) groups excluding carboxylic acids is 1. The standard InChI is InChI=1S/C19H18N2O2S/c1-13-6-7-16(9-14(13)2)23-11-15-10-17(24-12-15)19(22)21-18-5-3-4-8-20-18/h3-10,12H,11H2,1-2H3,(H,20,21,22). The Hall–Kier alpha value is -2.66. The maximum absolute atomic E-state index is 12.2. The molecule has 0 aliphatic carbocycles. The Bertz CT molecular complexity index is 844. The minimum Gasteiger partial charge on any atom is -0.489 e. The summed E-state index contributed by atoms with van der Waals surface area (Å²) in [5, 5.41) is 4.72. The van der Waals surface area contributed by atoms with Crippen LogP contribution in [0.15, 0.2) is 54.0 Å². The molecule has 0 bridgehead atoms. The van der Waals surface area contributed by atoms with Gasteiger partial charge in [0.15, 0.2) is 0 Å². The molecule has 3 aromatic rings. The molecule has 0 aliphatic rings. The number of benzene rings is 1. The summed E-state index contributed by atoms with van der Waals surface area (Å²) < 4.78 is 5.80. The Kier molecular flexibility index (Phi) is 4.91. The van der Waals surface area contributed by atoms with Crippen LogP contribution in [-0.2, 0) is 6.61 Å². The van der Waals surface area contributed by atoms with Gasteiger partial charge in [-0.3, -0.25) is 4.79 Å². The van der Waals surface area contributed by atoms with E-state index in [1.807, 2.05) is 41.8 Å². The van der Waals surface area contributed by atoms with E-state index >= 15 is 0 Å². The molecule has 0 saturated carbocycles. The molecule has 0 unspecified atom stereocenters. The summed E-state index contributed by atoms with van der Waals surface area (Å²) in [7, 11) is 0. The Morgan fingerprint density at radius 1 is 1.17 bits per heavy atom. The number of anilines is 1. The van der Waals surface area contributed by atoms with Gasteiger partial charge in [-0.15, -0.1) is 11.3 Å². The average molecular weight is 338 g/mol. The van der Waals surface area contributed by atoms with Gasteiger partial charge in [0, 0.05) is 11.8 Å². The van der Waals surface area contributed by atoms with Crippen molar-refractivity contribution < 1.29 is 9.53 Å². The van der Waals surface area contributed by atoms with Crippen LogP contribution in [0.25, 0.3) is 0 Å². The summed E-state index contributed by atoms with van der Waals surface area (Å²) in [6.45, 7) is 4.58. The van der Waals surface area contributed by atoms with Crippen LogP contribution in [0.5, 0.6) is 5.75 Å². The quantitative estimate of drug-likeness (QED) is 0.740. The molecule has 0 aliphatic heterocycles. The third kappa shape index (κ3) is 4.00. The largest absolute Gasteiger partial charge is 0.489 e. The van der Waals surface area contributed by atoms with Crippen molar-refractivity contribution in [1.29, 1.82) is 0 Å². The number of aryl methyl sites for hydroxylation is 2. The molecule has 0 radical (unpaired) electrons. The number of ether oxygens (including phenoxy) is 1. The summed E-state index contributed by atoms with van der Waals surface area (Å²) in [6.07, 6.45) is 1.65.